The summed E-state index contributed by atoms with van der Waals surface area (Å²) in [7, 11) is 1.55. The van der Waals surface area contributed by atoms with E-state index in [1.165, 1.54) is 6.33 Å². The number of aryl methyl sites for hydroxylation is 1. The standard InChI is InChI=1S/C10H14N6O/c1-17-9-5-7(12-6-13-9)10-14-8(15-16-10)3-2-4-11/h5-6H,2-4,11H2,1H3,(H,14,15,16). The van der Waals surface area contributed by atoms with Gasteiger partial charge in [-0.2, -0.15) is 5.10 Å². The minimum absolute atomic E-state index is 0.489. The maximum Gasteiger partial charge on any atom is 0.216 e. The number of hydrogen-bond donors (Lipinski definition) is 2. The minimum Gasteiger partial charge on any atom is -0.481 e. The van der Waals surface area contributed by atoms with Crippen molar-refractivity contribution in [2.45, 2.75) is 12.8 Å². The number of ether oxygens (including phenoxy) is 1. The Morgan fingerprint density at radius 1 is 1.41 bits per heavy atom. The number of methoxy groups -OCH3 is 1. The molecule has 90 valence electrons. The minimum atomic E-state index is 0.489. The Hall–Kier alpha value is -2.02. The molecule has 3 N–H and O–H groups in total. The smallest absolute Gasteiger partial charge is 0.216 e. The molecule has 0 fully saturated rings. The van der Waals surface area contributed by atoms with Crippen LogP contribution in [0.1, 0.15) is 12.2 Å². The molecule has 0 saturated carbocycles. The van der Waals surface area contributed by atoms with Crippen LogP contribution in [0, 0.1) is 0 Å². The van der Waals surface area contributed by atoms with Crippen molar-refractivity contribution in [1.29, 1.82) is 0 Å². The van der Waals surface area contributed by atoms with Crippen molar-refractivity contribution in [3.05, 3.63) is 18.2 Å². The molecule has 2 heterocycles. The fourth-order valence-electron chi connectivity index (χ4n) is 1.36. The fourth-order valence-corrected chi connectivity index (χ4v) is 1.36. The number of aromatic nitrogens is 5. The Morgan fingerprint density at radius 3 is 3.06 bits per heavy atom. The highest BCUT2D eigenvalue weighted by molar-refractivity contribution is 5.49. The highest BCUT2D eigenvalue weighted by Crippen LogP contribution is 2.15. The highest BCUT2D eigenvalue weighted by Gasteiger charge is 2.08. The van der Waals surface area contributed by atoms with Crippen molar-refractivity contribution in [3.63, 3.8) is 0 Å². The van der Waals surface area contributed by atoms with E-state index >= 15 is 0 Å². The normalized spacial score (nSPS) is 10.5. The molecular weight excluding hydrogens is 220 g/mol. The van der Waals surface area contributed by atoms with Crippen LogP contribution >= 0.6 is 0 Å². The van der Waals surface area contributed by atoms with Gasteiger partial charge in [0.2, 0.25) is 5.88 Å². The molecule has 0 aliphatic rings. The molecule has 7 nitrogen and oxygen atoms in total. The van der Waals surface area contributed by atoms with E-state index in [0.717, 1.165) is 18.7 Å². The third-order valence-electron chi connectivity index (χ3n) is 2.23. The number of hydrogen-bond acceptors (Lipinski definition) is 6. The zero-order valence-corrected chi connectivity index (χ0v) is 9.55. The lowest BCUT2D eigenvalue weighted by atomic mass is 10.3. The molecule has 0 aromatic carbocycles. The van der Waals surface area contributed by atoms with Gasteiger partial charge < -0.3 is 10.5 Å². The van der Waals surface area contributed by atoms with Crippen LogP contribution in [0.4, 0.5) is 0 Å². The van der Waals surface area contributed by atoms with Crippen LogP contribution < -0.4 is 10.5 Å². The van der Waals surface area contributed by atoms with E-state index in [-0.39, 0.29) is 0 Å². The first-order valence-electron chi connectivity index (χ1n) is 5.31. The number of nitrogens with zero attached hydrogens (tertiary/aromatic N) is 4. The van der Waals surface area contributed by atoms with Crippen LogP contribution in [0.2, 0.25) is 0 Å². The summed E-state index contributed by atoms with van der Waals surface area (Å²) in [4.78, 5) is 12.3. The monoisotopic (exact) mass is 234 g/mol. The number of rotatable bonds is 5. The fraction of sp³-hybridized carbons (Fsp3) is 0.400. The zero-order valence-electron chi connectivity index (χ0n) is 9.55. The van der Waals surface area contributed by atoms with Crippen LogP contribution in [-0.4, -0.2) is 38.8 Å². The van der Waals surface area contributed by atoms with E-state index in [9.17, 15) is 0 Å². The lowest BCUT2D eigenvalue weighted by Crippen LogP contribution is -2.01. The molecule has 2 rings (SSSR count). The summed E-state index contributed by atoms with van der Waals surface area (Å²) in [5.41, 5.74) is 6.06. The van der Waals surface area contributed by atoms with Gasteiger partial charge in [-0.3, -0.25) is 5.10 Å². The lowest BCUT2D eigenvalue weighted by Gasteiger charge is -1.98. The third kappa shape index (κ3) is 2.76. The zero-order chi connectivity index (χ0) is 12.1. The van der Waals surface area contributed by atoms with Crippen molar-refractivity contribution in [1.82, 2.24) is 25.1 Å². The van der Waals surface area contributed by atoms with Crippen LogP contribution in [0.5, 0.6) is 5.88 Å². The van der Waals surface area contributed by atoms with Crippen molar-refractivity contribution < 1.29 is 4.74 Å². The average Bonchev–Trinajstić information content (AvgIpc) is 2.85. The first kappa shape index (κ1) is 11.5. The Labute approximate surface area is 98.5 Å². The molecule has 7 heteroatoms. The summed E-state index contributed by atoms with van der Waals surface area (Å²) in [6.45, 7) is 0.636. The quantitative estimate of drug-likeness (QED) is 0.764. The van der Waals surface area contributed by atoms with Crippen LogP contribution in [0.3, 0.4) is 0 Å². The molecule has 0 atom stereocenters. The van der Waals surface area contributed by atoms with Gasteiger partial charge in [0.05, 0.1) is 7.11 Å². The molecule has 0 aliphatic carbocycles. The molecule has 0 bridgehead atoms. The summed E-state index contributed by atoms with van der Waals surface area (Å²) in [6.07, 6.45) is 3.08. The molecule has 0 amide bonds. The van der Waals surface area contributed by atoms with Crippen molar-refractivity contribution in [3.8, 4) is 17.4 Å². The molecule has 0 saturated heterocycles. The van der Waals surface area contributed by atoms with Crippen LogP contribution in [-0.2, 0) is 6.42 Å². The summed E-state index contributed by atoms with van der Waals surface area (Å²) in [6, 6.07) is 1.69. The van der Waals surface area contributed by atoms with Gasteiger partial charge in [0, 0.05) is 12.5 Å². The molecule has 2 aromatic heterocycles. The first-order valence-corrected chi connectivity index (χ1v) is 5.31. The number of nitrogens with one attached hydrogen (secondary N) is 1. The van der Waals surface area contributed by atoms with Crippen molar-refractivity contribution in [2.75, 3.05) is 13.7 Å². The molecule has 0 spiro atoms. The van der Waals surface area contributed by atoms with E-state index in [0.29, 0.717) is 23.9 Å². The number of nitrogens with two attached hydrogens (primary N) is 1. The predicted octanol–water partition coefficient (Wildman–Crippen LogP) is 0.162. The summed E-state index contributed by atoms with van der Waals surface area (Å²) >= 11 is 0. The highest BCUT2D eigenvalue weighted by atomic mass is 16.5. The van der Waals surface area contributed by atoms with Gasteiger partial charge >= 0.3 is 0 Å². The molecule has 17 heavy (non-hydrogen) atoms. The van der Waals surface area contributed by atoms with E-state index < -0.39 is 0 Å². The van der Waals surface area contributed by atoms with Crippen LogP contribution in [0.25, 0.3) is 11.5 Å². The Kier molecular flexibility index (Phi) is 3.61. The van der Waals surface area contributed by atoms with Crippen molar-refractivity contribution >= 4 is 0 Å². The predicted molar refractivity (Wildman–Crippen MR) is 61.3 cm³/mol. The van der Waals surface area contributed by atoms with Crippen molar-refractivity contribution in [2.24, 2.45) is 5.73 Å². The SMILES string of the molecule is COc1cc(-c2n[nH]c(CCCN)n2)ncn1. The number of H-pyrrole nitrogens is 1. The maximum absolute atomic E-state index is 5.43. The van der Waals surface area contributed by atoms with Gasteiger partial charge in [0.1, 0.15) is 17.8 Å². The Balaban J connectivity index is 2.18. The maximum atomic E-state index is 5.43. The molecule has 0 radical (unpaired) electrons. The molecule has 0 aliphatic heterocycles. The Morgan fingerprint density at radius 2 is 2.29 bits per heavy atom. The summed E-state index contributed by atoms with van der Waals surface area (Å²) in [5, 5.41) is 6.95. The number of aromatic amines is 1. The van der Waals surface area contributed by atoms with E-state index in [1.54, 1.807) is 13.2 Å². The first-order chi connectivity index (χ1) is 8.33. The van der Waals surface area contributed by atoms with Gasteiger partial charge in [0.15, 0.2) is 5.82 Å². The molecule has 0 unspecified atom stereocenters. The second-order valence-corrected chi connectivity index (χ2v) is 3.44. The van der Waals surface area contributed by atoms with Gasteiger partial charge in [-0.25, -0.2) is 15.0 Å². The van der Waals surface area contributed by atoms with Gasteiger partial charge in [-0.15, -0.1) is 0 Å². The summed E-state index contributed by atoms with van der Waals surface area (Å²) < 4.78 is 5.01. The van der Waals surface area contributed by atoms with E-state index in [4.69, 9.17) is 10.5 Å². The van der Waals surface area contributed by atoms with Crippen LogP contribution in [0.15, 0.2) is 12.4 Å². The van der Waals surface area contributed by atoms with Gasteiger partial charge in [-0.1, -0.05) is 0 Å². The van der Waals surface area contributed by atoms with E-state index in [2.05, 4.69) is 25.1 Å². The second kappa shape index (κ2) is 5.35. The largest absolute Gasteiger partial charge is 0.481 e. The second-order valence-electron chi connectivity index (χ2n) is 3.44. The lowest BCUT2D eigenvalue weighted by molar-refractivity contribution is 0.397. The summed E-state index contributed by atoms with van der Waals surface area (Å²) in [5.74, 6) is 1.84. The van der Waals surface area contributed by atoms with E-state index in [1.807, 2.05) is 0 Å². The molecular formula is C10H14N6O. The van der Waals surface area contributed by atoms with Gasteiger partial charge in [-0.05, 0) is 13.0 Å². The topological polar surface area (TPSA) is 103 Å². The third-order valence-corrected chi connectivity index (χ3v) is 2.23. The average molecular weight is 234 g/mol. The van der Waals surface area contributed by atoms with Gasteiger partial charge in [0.25, 0.3) is 0 Å². The Bertz CT molecular complexity index is 483. The molecule has 2 aromatic rings.